The predicted octanol–water partition coefficient (Wildman–Crippen LogP) is 1.95. The summed E-state index contributed by atoms with van der Waals surface area (Å²) >= 11 is 0. The molecule has 2 rings (SSSR count). The number of rotatable bonds is 3. The Morgan fingerprint density at radius 2 is 1.82 bits per heavy atom. The molecule has 0 atom stereocenters. The van der Waals surface area contributed by atoms with Gasteiger partial charge in [-0.25, -0.2) is 0 Å². The molecule has 3 nitrogen and oxygen atoms in total. The zero-order chi connectivity index (χ0) is 12.3. The first-order chi connectivity index (χ1) is 8.11. The van der Waals surface area contributed by atoms with Crippen LogP contribution in [0.5, 0.6) is 5.75 Å². The van der Waals surface area contributed by atoms with Crippen LogP contribution in [0.2, 0.25) is 0 Å². The first kappa shape index (κ1) is 12.4. The SMILES string of the molecule is CC1(CN)CCN(Cc2ccc(O)cc2)CC1. The fraction of sp³-hybridized carbons (Fsp3) is 0.571. The Balaban J connectivity index is 1.88. The lowest BCUT2D eigenvalue weighted by Gasteiger charge is -2.38. The van der Waals surface area contributed by atoms with Crippen LogP contribution in [0.15, 0.2) is 24.3 Å². The quantitative estimate of drug-likeness (QED) is 0.840. The van der Waals surface area contributed by atoms with E-state index < -0.39 is 0 Å². The molecule has 3 heteroatoms. The van der Waals surface area contributed by atoms with Gasteiger partial charge in [-0.15, -0.1) is 0 Å². The molecule has 1 aromatic carbocycles. The fourth-order valence-corrected chi connectivity index (χ4v) is 2.31. The van der Waals surface area contributed by atoms with Gasteiger partial charge in [-0.2, -0.15) is 0 Å². The number of hydrogen-bond acceptors (Lipinski definition) is 3. The number of phenols is 1. The second kappa shape index (κ2) is 5.07. The highest BCUT2D eigenvalue weighted by atomic mass is 16.3. The van der Waals surface area contributed by atoms with E-state index in [-0.39, 0.29) is 0 Å². The lowest BCUT2D eigenvalue weighted by molar-refractivity contribution is 0.119. The Kier molecular flexibility index (Phi) is 3.69. The molecule has 1 heterocycles. The number of nitrogens with zero attached hydrogens (tertiary/aromatic N) is 1. The summed E-state index contributed by atoms with van der Waals surface area (Å²) in [5.41, 5.74) is 7.41. The normalized spacial score (nSPS) is 20.4. The van der Waals surface area contributed by atoms with Gasteiger partial charge < -0.3 is 10.8 Å². The maximum absolute atomic E-state index is 9.24. The van der Waals surface area contributed by atoms with Gasteiger partial charge in [0, 0.05) is 6.54 Å². The van der Waals surface area contributed by atoms with Crippen molar-refractivity contribution in [2.24, 2.45) is 11.1 Å². The Hall–Kier alpha value is -1.06. The lowest BCUT2D eigenvalue weighted by atomic mass is 9.80. The summed E-state index contributed by atoms with van der Waals surface area (Å²) in [7, 11) is 0. The van der Waals surface area contributed by atoms with Crippen LogP contribution >= 0.6 is 0 Å². The van der Waals surface area contributed by atoms with Crippen LogP contribution in [-0.4, -0.2) is 29.6 Å². The van der Waals surface area contributed by atoms with Crippen molar-refractivity contribution < 1.29 is 5.11 Å². The molecule has 1 aliphatic heterocycles. The Bertz CT molecular complexity index is 353. The molecule has 0 amide bonds. The van der Waals surface area contributed by atoms with E-state index in [4.69, 9.17) is 5.73 Å². The third kappa shape index (κ3) is 3.20. The van der Waals surface area contributed by atoms with Crippen molar-refractivity contribution in [3.05, 3.63) is 29.8 Å². The summed E-state index contributed by atoms with van der Waals surface area (Å²) in [4.78, 5) is 2.46. The number of phenolic OH excluding ortho intramolecular Hbond substituents is 1. The number of nitrogens with two attached hydrogens (primary N) is 1. The minimum atomic E-state index is 0.336. The number of hydrogen-bond donors (Lipinski definition) is 2. The monoisotopic (exact) mass is 234 g/mol. The first-order valence-corrected chi connectivity index (χ1v) is 6.32. The van der Waals surface area contributed by atoms with Gasteiger partial charge in [0.1, 0.15) is 5.75 Å². The highest BCUT2D eigenvalue weighted by Crippen LogP contribution is 2.30. The highest BCUT2D eigenvalue weighted by Gasteiger charge is 2.28. The molecule has 3 N–H and O–H groups in total. The van der Waals surface area contributed by atoms with Gasteiger partial charge >= 0.3 is 0 Å². The van der Waals surface area contributed by atoms with Gasteiger partial charge in [0.25, 0.3) is 0 Å². The van der Waals surface area contributed by atoms with Crippen molar-refractivity contribution in [3.8, 4) is 5.75 Å². The molecule has 0 unspecified atom stereocenters. The average molecular weight is 234 g/mol. The average Bonchev–Trinajstić information content (AvgIpc) is 2.35. The summed E-state index contributed by atoms with van der Waals surface area (Å²) < 4.78 is 0. The highest BCUT2D eigenvalue weighted by molar-refractivity contribution is 5.25. The fourth-order valence-electron chi connectivity index (χ4n) is 2.31. The van der Waals surface area contributed by atoms with Crippen molar-refractivity contribution in [1.82, 2.24) is 4.90 Å². The van der Waals surface area contributed by atoms with E-state index in [9.17, 15) is 5.11 Å². The number of likely N-dealkylation sites (tertiary alicyclic amines) is 1. The van der Waals surface area contributed by atoms with Gasteiger partial charge in [0.15, 0.2) is 0 Å². The summed E-state index contributed by atoms with van der Waals surface area (Å²) in [6, 6.07) is 7.49. The molecule has 1 saturated heterocycles. The topological polar surface area (TPSA) is 49.5 Å². The molecular formula is C14H22N2O. The van der Waals surface area contributed by atoms with Crippen LogP contribution in [-0.2, 0) is 6.54 Å². The van der Waals surface area contributed by atoms with Crippen LogP contribution in [0.1, 0.15) is 25.3 Å². The number of aromatic hydroxyl groups is 1. The Morgan fingerprint density at radius 1 is 1.24 bits per heavy atom. The smallest absolute Gasteiger partial charge is 0.115 e. The van der Waals surface area contributed by atoms with Crippen molar-refractivity contribution >= 4 is 0 Å². The molecule has 1 aromatic rings. The molecule has 0 radical (unpaired) electrons. The van der Waals surface area contributed by atoms with Crippen LogP contribution in [0.4, 0.5) is 0 Å². The van der Waals surface area contributed by atoms with E-state index in [1.54, 1.807) is 12.1 Å². The molecule has 1 aliphatic rings. The number of piperidine rings is 1. The van der Waals surface area contributed by atoms with E-state index in [0.29, 0.717) is 11.2 Å². The van der Waals surface area contributed by atoms with Crippen molar-refractivity contribution in [3.63, 3.8) is 0 Å². The molecular weight excluding hydrogens is 212 g/mol. The van der Waals surface area contributed by atoms with Gasteiger partial charge in [-0.1, -0.05) is 19.1 Å². The third-order valence-electron chi connectivity index (χ3n) is 3.90. The van der Waals surface area contributed by atoms with E-state index in [1.807, 2.05) is 12.1 Å². The summed E-state index contributed by atoms with van der Waals surface area (Å²) in [5.74, 6) is 0.336. The molecule has 1 fully saturated rings. The van der Waals surface area contributed by atoms with Crippen LogP contribution in [0.3, 0.4) is 0 Å². The Labute approximate surface area is 103 Å². The van der Waals surface area contributed by atoms with Crippen LogP contribution in [0, 0.1) is 5.41 Å². The third-order valence-corrected chi connectivity index (χ3v) is 3.90. The maximum Gasteiger partial charge on any atom is 0.115 e. The predicted molar refractivity (Wildman–Crippen MR) is 69.8 cm³/mol. The molecule has 0 bridgehead atoms. The molecule has 17 heavy (non-hydrogen) atoms. The van der Waals surface area contributed by atoms with Gasteiger partial charge in [0.2, 0.25) is 0 Å². The van der Waals surface area contributed by atoms with E-state index in [1.165, 1.54) is 18.4 Å². The second-order valence-electron chi connectivity index (χ2n) is 5.46. The molecule has 0 spiro atoms. The molecule has 0 saturated carbocycles. The Morgan fingerprint density at radius 3 is 2.35 bits per heavy atom. The van der Waals surface area contributed by atoms with E-state index in [2.05, 4.69) is 11.8 Å². The summed E-state index contributed by atoms with van der Waals surface area (Å²) in [5, 5.41) is 9.24. The largest absolute Gasteiger partial charge is 0.508 e. The van der Waals surface area contributed by atoms with Crippen molar-refractivity contribution in [1.29, 1.82) is 0 Å². The second-order valence-corrected chi connectivity index (χ2v) is 5.46. The molecule has 94 valence electrons. The summed E-state index contributed by atoms with van der Waals surface area (Å²) in [6.45, 7) is 6.29. The number of benzene rings is 1. The van der Waals surface area contributed by atoms with Crippen molar-refractivity contribution in [2.45, 2.75) is 26.3 Å². The van der Waals surface area contributed by atoms with Crippen LogP contribution < -0.4 is 5.73 Å². The molecule has 0 aliphatic carbocycles. The van der Waals surface area contributed by atoms with E-state index in [0.717, 1.165) is 26.2 Å². The van der Waals surface area contributed by atoms with Crippen molar-refractivity contribution in [2.75, 3.05) is 19.6 Å². The zero-order valence-electron chi connectivity index (χ0n) is 10.5. The van der Waals surface area contributed by atoms with Gasteiger partial charge in [-0.05, 0) is 55.6 Å². The van der Waals surface area contributed by atoms with Gasteiger partial charge in [0.05, 0.1) is 0 Å². The summed E-state index contributed by atoms with van der Waals surface area (Å²) in [6.07, 6.45) is 2.36. The lowest BCUT2D eigenvalue weighted by Crippen LogP contribution is -2.41. The minimum absolute atomic E-state index is 0.336. The first-order valence-electron chi connectivity index (χ1n) is 6.32. The maximum atomic E-state index is 9.24. The molecule has 0 aromatic heterocycles. The van der Waals surface area contributed by atoms with E-state index >= 15 is 0 Å². The standard InChI is InChI=1S/C14H22N2O/c1-14(11-15)6-8-16(9-7-14)10-12-2-4-13(17)5-3-12/h2-5,17H,6-11,15H2,1H3. The minimum Gasteiger partial charge on any atom is -0.508 e. The van der Waals surface area contributed by atoms with Crippen LogP contribution in [0.25, 0.3) is 0 Å². The van der Waals surface area contributed by atoms with Gasteiger partial charge in [-0.3, -0.25) is 4.90 Å². The zero-order valence-corrected chi connectivity index (χ0v) is 10.5.